The maximum Gasteiger partial charge on any atom is 0.128 e. The smallest absolute Gasteiger partial charge is 0.128 e. The predicted molar refractivity (Wildman–Crippen MR) is 83.6 cm³/mol. The Morgan fingerprint density at radius 3 is 2.55 bits per heavy atom. The third kappa shape index (κ3) is 3.52. The monoisotopic (exact) mass is 291 g/mol. The van der Waals surface area contributed by atoms with Gasteiger partial charge in [-0.1, -0.05) is 13.0 Å². The van der Waals surface area contributed by atoms with Gasteiger partial charge in [-0.25, -0.2) is 0 Å². The molecule has 0 fully saturated rings. The summed E-state index contributed by atoms with van der Waals surface area (Å²) in [6.45, 7) is 4.68. The van der Waals surface area contributed by atoms with E-state index in [9.17, 15) is 0 Å². The van der Waals surface area contributed by atoms with Gasteiger partial charge in [-0.15, -0.1) is 11.3 Å². The fraction of sp³-hybridized carbons (Fsp3) is 0.375. The Morgan fingerprint density at radius 2 is 1.95 bits per heavy atom. The molecule has 4 heteroatoms. The van der Waals surface area contributed by atoms with Crippen LogP contribution in [0, 0.1) is 0 Å². The van der Waals surface area contributed by atoms with E-state index in [1.54, 1.807) is 18.4 Å². The van der Waals surface area contributed by atoms with Gasteiger partial charge in [-0.3, -0.25) is 0 Å². The van der Waals surface area contributed by atoms with E-state index in [1.807, 2.05) is 25.1 Å². The molecule has 0 radical (unpaired) electrons. The van der Waals surface area contributed by atoms with Crippen LogP contribution >= 0.6 is 11.3 Å². The molecule has 1 aromatic carbocycles. The van der Waals surface area contributed by atoms with Gasteiger partial charge in [0.25, 0.3) is 0 Å². The highest BCUT2D eigenvalue weighted by Crippen LogP contribution is 2.30. The molecule has 1 atom stereocenters. The second-order valence-electron chi connectivity index (χ2n) is 4.70. The van der Waals surface area contributed by atoms with Gasteiger partial charge in [0.15, 0.2) is 0 Å². The summed E-state index contributed by atoms with van der Waals surface area (Å²) in [4.78, 5) is 2.60. The predicted octanol–water partition coefficient (Wildman–Crippen LogP) is 3.92. The number of methoxy groups -OCH3 is 1. The van der Waals surface area contributed by atoms with Gasteiger partial charge in [0.1, 0.15) is 18.1 Å². The number of ether oxygens (including phenoxy) is 2. The van der Waals surface area contributed by atoms with E-state index in [0.717, 1.165) is 23.5 Å². The lowest BCUT2D eigenvalue weighted by Crippen LogP contribution is -2.08. The van der Waals surface area contributed by atoms with Crippen molar-refractivity contribution in [3.8, 4) is 11.5 Å². The topological polar surface area (TPSA) is 44.5 Å². The number of thiophene rings is 1. The number of nitrogens with two attached hydrogens (primary N) is 1. The molecule has 0 saturated carbocycles. The van der Waals surface area contributed by atoms with E-state index in [0.29, 0.717) is 6.61 Å². The van der Waals surface area contributed by atoms with E-state index in [2.05, 4.69) is 19.1 Å². The molecule has 0 amide bonds. The Labute approximate surface area is 124 Å². The fourth-order valence-corrected chi connectivity index (χ4v) is 2.85. The van der Waals surface area contributed by atoms with Crippen LogP contribution in [-0.4, -0.2) is 7.11 Å². The Morgan fingerprint density at radius 1 is 1.20 bits per heavy atom. The first-order chi connectivity index (χ1) is 9.63. The van der Waals surface area contributed by atoms with Crippen molar-refractivity contribution in [1.82, 2.24) is 0 Å². The van der Waals surface area contributed by atoms with Gasteiger partial charge in [0.2, 0.25) is 0 Å². The van der Waals surface area contributed by atoms with Crippen LogP contribution in [-0.2, 0) is 13.0 Å². The van der Waals surface area contributed by atoms with Crippen molar-refractivity contribution in [2.24, 2.45) is 5.73 Å². The molecule has 0 aliphatic rings. The number of rotatable bonds is 6. The first kappa shape index (κ1) is 14.9. The van der Waals surface area contributed by atoms with Gasteiger partial charge >= 0.3 is 0 Å². The quantitative estimate of drug-likeness (QED) is 0.877. The Kier molecular flexibility index (Phi) is 5.04. The molecular weight excluding hydrogens is 270 g/mol. The van der Waals surface area contributed by atoms with Crippen molar-refractivity contribution in [1.29, 1.82) is 0 Å². The first-order valence-electron chi connectivity index (χ1n) is 6.78. The molecule has 0 aliphatic heterocycles. The summed E-state index contributed by atoms with van der Waals surface area (Å²) in [5.74, 6) is 1.58. The summed E-state index contributed by atoms with van der Waals surface area (Å²) in [5, 5.41) is 0. The molecule has 0 spiro atoms. The van der Waals surface area contributed by atoms with E-state index in [1.165, 1.54) is 9.75 Å². The second kappa shape index (κ2) is 6.77. The molecule has 108 valence electrons. The summed E-state index contributed by atoms with van der Waals surface area (Å²) in [7, 11) is 1.65. The Bertz CT molecular complexity index is 563. The first-order valence-corrected chi connectivity index (χ1v) is 7.59. The van der Waals surface area contributed by atoms with E-state index in [-0.39, 0.29) is 6.04 Å². The standard InChI is InChI=1S/C16H21NO2S/c1-4-13-6-7-14(20-13)10-19-16-9-12(18-3)5-8-15(16)11(2)17/h5-9,11H,4,10,17H2,1-3H3/t11-/m0/s1. The van der Waals surface area contributed by atoms with Crippen molar-refractivity contribution in [2.45, 2.75) is 32.9 Å². The highest BCUT2D eigenvalue weighted by atomic mass is 32.1. The minimum atomic E-state index is -0.0644. The third-order valence-corrected chi connectivity index (χ3v) is 4.35. The average molecular weight is 291 g/mol. The van der Waals surface area contributed by atoms with Gasteiger partial charge in [0.05, 0.1) is 7.11 Å². The van der Waals surface area contributed by atoms with E-state index >= 15 is 0 Å². The van der Waals surface area contributed by atoms with Crippen LogP contribution in [0.15, 0.2) is 30.3 Å². The summed E-state index contributed by atoms with van der Waals surface area (Å²) < 4.78 is 11.2. The molecule has 0 saturated heterocycles. The summed E-state index contributed by atoms with van der Waals surface area (Å²) in [6.07, 6.45) is 1.06. The number of benzene rings is 1. The lowest BCUT2D eigenvalue weighted by molar-refractivity contribution is 0.302. The molecule has 1 heterocycles. The van der Waals surface area contributed by atoms with Crippen LogP contribution in [0.5, 0.6) is 11.5 Å². The molecule has 0 bridgehead atoms. The normalized spacial score (nSPS) is 12.2. The molecule has 2 N–H and O–H groups in total. The molecule has 1 aromatic heterocycles. The SMILES string of the molecule is CCc1ccc(COc2cc(OC)ccc2[C@H](C)N)s1. The zero-order chi connectivity index (χ0) is 14.5. The van der Waals surface area contributed by atoms with Crippen LogP contribution in [0.2, 0.25) is 0 Å². The number of hydrogen-bond acceptors (Lipinski definition) is 4. The van der Waals surface area contributed by atoms with Crippen molar-refractivity contribution in [3.05, 3.63) is 45.6 Å². The van der Waals surface area contributed by atoms with Crippen molar-refractivity contribution >= 4 is 11.3 Å². The molecule has 0 unspecified atom stereocenters. The average Bonchev–Trinajstić information content (AvgIpc) is 2.92. The molecule has 3 nitrogen and oxygen atoms in total. The minimum absolute atomic E-state index is 0.0644. The van der Waals surface area contributed by atoms with Crippen molar-refractivity contribution in [2.75, 3.05) is 7.11 Å². The van der Waals surface area contributed by atoms with Gasteiger partial charge in [-0.2, -0.15) is 0 Å². The summed E-state index contributed by atoms with van der Waals surface area (Å²) in [5.41, 5.74) is 6.98. The van der Waals surface area contributed by atoms with Crippen LogP contribution in [0.4, 0.5) is 0 Å². The zero-order valence-corrected chi connectivity index (χ0v) is 13.0. The zero-order valence-electron chi connectivity index (χ0n) is 12.2. The van der Waals surface area contributed by atoms with Crippen LogP contribution in [0.3, 0.4) is 0 Å². The lowest BCUT2D eigenvalue weighted by Gasteiger charge is -2.14. The minimum Gasteiger partial charge on any atom is -0.497 e. The second-order valence-corrected chi connectivity index (χ2v) is 5.96. The molecule has 20 heavy (non-hydrogen) atoms. The molecule has 0 aliphatic carbocycles. The Hall–Kier alpha value is -1.52. The molecular formula is C16H21NO2S. The number of hydrogen-bond donors (Lipinski definition) is 1. The maximum absolute atomic E-state index is 5.98. The highest BCUT2D eigenvalue weighted by Gasteiger charge is 2.10. The lowest BCUT2D eigenvalue weighted by atomic mass is 10.1. The molecule has 2 aromatic rings. The highest BCUT2D eigenvalue weighted by molar-refractivity contribution is 7.11. The fourth-order valence-electron chi connectivity index (χ4n) is 1.98. The summed E-state index contributed by atoms with van der Waals surface area (Å²) >= 11 is 1.79. The Balaban J connectivity index is 2.14. The van der Waals surface area contributed by atoms with Crippen molar-refractivity contribution in [3.63, 3.8) is 0 Å². The molecule has 2 rings (SSSR count). The third-order valence-electron chi connectivity index (χ3n) is 3.15. The van der Waals surface area contributed by atoms with E-state index in [4.69, 9.17) is 15.2 Å². The summed E-state index contributed by atoms with van der Waals surface area (Å²) in [6, 6.07) is 9.98. The van der Waals surface area contributed by atoms with Crippen LogP contribution < -0.4 is 15.2 Å². The van der Waals surface area contributed by atoms with E-state index < -0.39 is 0 Å². The van der Waals surface area contributed by atoms with Crippen molar-refractivity contribution < 1.29 is 9.47 Å². The van der Waals surface area contributed by atoms with Gasteiger partial charge in [0, 0.05) is 27.4 Å². The van der Waals surface area contributed by atoms with Crippen LogP contribution in [0.25, 0.3) is 0 Å². The largest absolute Gasteiger partial charge is 0.497 e. The maximum atomic E-state index is 5.98. The van der Waals surface area contributed by atoms with Gasteiger partial charge < -0.3 is 15.2 Å². The number of aryl methyl sites for hydroxylation is 1. The van der Waals surface area contributed by atoms with Crippen LogP contribution in [0.1, 0.15) is 35.2 Å². The van der Waals surface area contributed by atoms with Gasteiger partial charge in [-0.05, 0) is 31.5 Å².